The van der Waals surface area contributed by atoms with E-state index in [2.05, 4.69) is 6.92 Å². The molecule has 1 amide bonds. The lowest BCUT2D eigenvalue weighted by atomic mass is 10.3. The third-order valence-corrected chi connectivity index (χ3v) is 7.10. The van der Waals surface area contributed by atoms with Crippen molar-refractivity contribution >= 4 is 44.9 Å². The van der Waals surface area contributed by atoms with Crippen LogP contribution in [0.1, 0.15) is 25.1 Å². The van der Waals surface area contributed by atoms with E-state index < -0.39 is 0 Å². The summed E-state index contributed by atoms with van der Waals surface area (Å²) >= 11 is 2.88. The minimum absolute atomic E-state index is 0.0376. The van der Waals surface area contributed by atoms with Crippen LogP contribution in [0.5, 0.6) is 0 Å². The fraction of sp³-hybridized carbons (Fsp3) is 0.409. The molecule has 3 aromatic rings. The Morgan fingerprint density at radius 2 is 2.07 bits per heavy atom. The third-order valence-electron chi connectivity index (χ3n) is 4.85. The number of ether oxygens (including phenoxy) is 1. The van der Waals surface area contributed by atoms with Gasteiger partial charge in [-0.2, -0.15) is 0 Å². The van der Waals surface area contributed by atoms with E-state index in [-0.39, 0.29) is 16.7 Å². The first-order valence-corrected chi connectivity index (χ1v) is 11.7. The van der Waals surface area contributed by atoms with Gasteiger partial charge in [-0.05, 0) is 38.0 Å². The molecule has 0 saturated heterocycles. The van der Waals surface area contributed by atoms with Crippen molar-refractivity contribution in [1.29, 1.82) is 0 Å². The van der Waals surface area contributed by atoms with Gasteiger partial charge < -0.3 is 9.64 Å². The second-order valence-electron chi connectivity index (χ2n) is 6.98. The predicted octanol–water partition coefficient (Wildman–Crippen LogP) is 4.20. The number of methoxy groups -OCH3 is 1. The van der Waals surface area contributed by atoms with Gasteiger partial charge in [-0.25, -0.2) is 4.98 Å². The SMILES string of the molecule is CCc1cc2c(=O)n(CCCOC)c(S[C@H](C)C(=O)N(C)c3ccccc3)nc2s1. The normalized spacial score (nSPS) is 12.3. The van der Waals surface area contributed by atoms with Crippen molar-refractivity contribution in [2.24, 2.45) is 0 Å². The van der Waals surface area contributed by atoms with E-state index in [1.54, 1.807) is 35.0 Å². The Kier molecular flexibility index (Phi) is 7.69. The van der Waals surface area contributed by atoms with E-state index in [0.717, 1.165) is 21.8 Å². The molecule has 160 valence electrons. The van der Waals surface area contributed by atoms with E-state index in [0.29, 0.717) is 30.1 Å². The van der Waals surface area contributed by atoms with Crippen LogP contribution in [0.2, 0.25) is 0 Å². The summed E-state index contributed by atoms with van der Waals surface area (Å²) < 4.78 is 6.84. The van der Waals surface area contributed by atoms with Crippen molar-refractivity contribution in [3.8, 4) is 0 Å². The van der Waals surface area contributed by atoms with E-state index in [4.69, 9.17) is 9.72 Å². The van der Waals surface area contributed by atoms with Gasteiger partial charge in [-0.1, -0.05) is 36.9 Å². The molecular weight excluding hydrogens is 418 g/mol. The molecule has 0 aliphatic heterocycles. The molecule has 1 aromatic carbocycles. The second-order valence-corrected chi connectivity index (χ2v) is 9.40. The van der Waals surface area contributed by atoms with Gasteiger partial charge in [0.05, 0.1) is 10.6 Å². The molecule has 0 saturated carbocycles. The van der Waals surface area contributed by atoms with Crippen LogP contribution in [0, 0.1) is 0 Å². The minimum atomic E-state index is -0.390. The van der Waals surface area contributed by atoms with Crippen LogP contribution in [0.25, 0.3) is 10.2 Å². The van der Waals surface area contributed by atoms with E-state index in [1.165, 1.54) is 11.8 Å². The van der Waals surface area contributed by atoms with E-state index in [1.807, 2.05) is 43.3 Å². The summed E-state index contributed by atoms with van der Waals surface area (Å²) in [6.45, 7) is 4.99. The molecule has 0 N–H and O–H groups in total. The topological polar surface area (TPSA) is 64.4 Å². The first-order chi connectivity index (χ1) is 14.5. The number of carbonyl (C=O) groups is 1. The highest BCUT2D eigenvalue weighted by Gasteiger charge is 2.23. The fourth-order valence-corrected chi connectivity index (χ4v) is 5.17. The van der Waals surface area contributed by atoms with Gasteiger partial charge in [0, 0.05) is 37.9 Å². The molecule has 0 spiro atoms. The Labute approximate surface area is 184 Å². The number of anilines is 1. The van der Waals surface area contributed by atoms with Crippen LogP contribution in [0.3, 0.4) is 0 Å². The van der Waals surface area contributed by atoms with Crippen LogP contribution < -0.4 is 10.5 Å². The Bertz CT molecular complexity index is 1060. The van der Waals surface area contributed by atoms with Crippen molar-refractivity contribution in [2.75, 3.05) is 25.7 Å². The quantitative estimate of drug-likeness (QED) is 0.281. The monoisotopic (exact) mass is 445 g/mol. The number of aryl methyl sites for hydroxylation is 1. The van der Waals surface area contributed by atoms with E-state index in [9.17, 15) is 9.59 Å². The maximum absolute atomic E-state index is 13.2. The van der Waals surface area contributed by atoms with Crippen molar-refractivity contribution in [3.05, 3.63) is 51.6 Å². The number of nitrogens with zero attached hydrogens (tertiary/aromatic N) is 3. The van der Waals surface area contributed by atoms with Crippen LogP contribution in [-0.4, -0.2) is 41.5 Å². The highest BCUT2D eigenvalue weighted by molar-refractivity contribution is 8.00. The minimum Gasteiger partial charge on any atom is -0.385 e. The Morgan fingerprint density at radius 1 is 1.33 bits per heavy atom. The summed E-state index contributed by atoms with van der Waals surface area (Å²) in [7, 11) is 3.41. The molecule has 8 heteroatoms. The number of para-hydroxylation sites is 1. The zero-order valence-corrected chi connectivity index (χ0v) is 19.4. The molecule has 0 bridgehead atoms. The number of fused-ring (bicyclic) bond motifs is 1. The molecule has 2 aromatic heterocycles. The lowest BCUT2D eigenvalue weighted by Crippen LogP contribution is -2.34. The van der Waals surface area contributed by atoms with Crippen LogP contribution in [0.4, 0.5) is 5.69 Å². The molecule has 0 aliphatic rings. The summed E-state index contributed by atoms with van der Waals surface area (Å²) in [5, 5.41) is 0.841. The number of thioether (sulfide) groups is 1. The van der Waals surface area contributed by atoms with Gasteiger partial charge in [0.15, 0.2) is 5.16 Å². The first kappa shape index (κ1) is 22.5. The largest absolute Gasteiger partial charge is 0.385 e. The summed E-state index contributed by atoms with van der Waals surface area (Å²) in [5.74, 6) is -0.0376. The van der Waals surface area contributed by atoms with Crippen molar-refractivity contribution in [2.45, 2.75) is 43.6 Å². The Balaban J connectivity index is 1.91. The molecule has 0 aliphatic carbocycles. The number of rotatable bonds is 9. The molecule has 0 unspecified atom stereocenters. The average molecular weight is 446 g/mol. The Morgan fingerprint density at radius 3 is 2.73 bits per heavy atom. The molecule has 3 rings (SSSR count). The molecule has 0 fully saturated rings. The number of aromatic nitrogens is 2. The number of thiophene rings is 1. The number of amides is 1. The van der Waals surface area contributed by atoms with Crippen molar-refractivity contribution in [3.63, 3.8) is 0 Å². The van der Waals surface area contributed by atoms with Crippen LogP contribution in [0.15, 0.2) is 46.3 Å². The molecule has 2 heterocycles. The second kappa shape index (κ2) is 10.2. The lowest BCUT2D eigenvalue weighted by molar-refractivity contribution is -0.117. The molecular formula is C22H27N3O3S2. The third kappa shape index (κ3) is 4.94. The fourth-order valence-electron chi connectivity index (χ4n) is 3.14. The maximum Gasteiger partial charge on any atom is 0.262 e. The number of hydrogen-bond acceptors (Lipinski definition) is 6. The smallest absolute Gasteiger partial charge is 0.262 e. The molecule has 30 heavy (non-hydrogen) atoms. The van der Waals surface area contributed by atoms with Gasteiger partial charge >= 0.3 is 0 Å². The molecule has 0 radical (unpaired) electrons. The average Bonchev–Trinajstić information content (AvgIpc) is 3.19. The van der Waals surface area contributed by atoms with Gasteiger partial charge in [-0.15, -0.1) is 11.3 Å². The van der Waals surface area contributed by atoms with Crippen molar-refractivity contribution in [1.82, 2.24) is 9.55 Å². The van der Waals surface area contributed by atoms with Gasteiger partial charge in [0.2, 0.25) is 5.91 Å². The Hall–Kier alpha value is -2.16. The number of benzene rings is 1. The summed E-state index contributed by atoms with van der Waals surface area (Å²) in [6.07, 6.45) is 1.57. The van der Waals surface area contributed by atoms with E-state index >= 15 is 0 Å². The predicted molar refractivity (Wildman–Crippen MR) is 125 cm³/mol. The van der Waals surface area contributed by atoms with Crippen molar-refractivity contribution < 1.29 is 9.53 Å². The number of carbonyl (C=O) groups excluding carboxylic acids is 1. The first-order valence-electron chi connectivity index (χ1n) is 9.97. The standard InChI is InChI=1S/C22H27N3O3S2/c1-5-17-14-18-19(30-17)23-22(25(21(18)27)12-9-13-28-4)29-15(2)20(26)24(3)16-10-7-6-8-11-16/h6-8,10-11,14-15H,5,9,12-13H2,1-4H3/t15-/m1/s1. The van der Waals surface area contributed by atoms with Gasteiger partial charge in [0.1, 0.15) is 4.83 Å². The summed E-state index contributed by atoms with van der Waals surface area (Å²) in [4.78, 5) is 34.4. The zero-order chi connectivity index (χ0) is 21.7. The number of hydrogen-bond donors (Lipinski definition) is 0. The highest BCUT2D eigenvalue weighted by atomic mass is 32.2. The van der Waals surface area contributed by atoms with Crippen LogP contribution in [-0.2, 0) is 22.5 Å². The van der Waals surface area contributed by atoms with Gasteiger partial charge in [0.25, 0.3) is 5.56 Å². The lowest BCUT2D eigenvalue weighted by Gasteiger charge is -2.22. The molecule has 6 nitrogen and oxygen atoms in total. The molecule has 1 atom stereocenters. The van der Waals surface area contributed by atoms with Gasteiger partial charge in [-0.3, -0.25) is 14.2 Å². The zero-order valence-electron chi connectivity index (χ0n) is 17.8. The maximum atomic E-state index is 13.2. The highest BCUT2D eigenvalue weighted by Crippen LogP contribution is 2.28. The summed E-state index contributed by atoms with van der Waals surface area (Å²) in [5.41, 5.74) is 0.785. The van der Waals surface area contributed by atoms with Crippen LogP contribution >= 0.6 is 23.1 Å². The summed E-state index contributed by atoms with van der Waals surface area (Å²) in [6, 6.07) is 11.5.